The molecule has 5 heteroatoms. The van der Waals surface area contributed by atoms with Gasteiger partial charge in [-0.15, -0.1) is 0 Å². The lowest BCUT2D eigenvalue weighted by atomic mass is 10.2. The lowest BCUT2D eigenvalue weighted by molar-refractivity contribution is -0.146. The van der Waals surface area contributed by atoms with Gasteiger partial charge in [-0.25, -0.2) is 0 Å². The third kappa shape index (κ3) is 4.01. The first-order valence-electron chi connectivity index (χ1n) is 5.88. The summed E-state index contributed by atoms with van der Waals surface area (Å²) in [5, 5.41) is 12.0. The molecule has 18 heavy (non-hydrogen) atoms. The van der Waals surface area contributed by atoms with Gasteiger partial charge in [0.1, 0.15) is 18.4 Å². The third-order valence-electron chi connectivity index (χ3n) is 2.47. The number of para-hydroxylation sites is 1. The molecule has 1 aromatic rings. The molecule has 0 aliphatic rings. The molecule has 2 N–H and O–H groups in total. The lowest BCUT2D eigenvalue weighted by Crippen LogP contribution is -2.40. The van der Waals surface area contributed by atoms with Crippen LogP contribution in [0.2, 0.25) is 0 Å². The zero-order chi connectivity index (χ0) is 13.4. The van der Waals surface area contributed by atoms with Crippen molar-refractivity contribution in [2.45, 2.75) is 19.6 Å². The maximum atomic E-state index is 11.5. The third-order valence-corrected chi connectivity index (χ3v) is 2.47. The summed E-state index contributed by atoms with van der Waals surface area (Å²) in [6.45, 7) is 2.16. The number of aliphatic hydroxyl groups is 1. The summed E-state index contributed by atoms with van der Waals surface area (Å²) in [4.78, 5) is 11.5. The molecule has 0 aliphatic carbocycles. The predicted molar refractivity (Wildman–Crippen MR) is 67.3 cm³/mol. The number of carbonyl (C=O) groups excluding carboxylic acids is 1. The smallest absolute Gasteiger partial charge is 0.326 e. The second kappa shape index (κ2) is 7.68. The van der Waals surface area contributed by atoms with E-state index in [2.05, 4.69) is 5.32 Å². The van der Waals surface area contributed by atoms with E-state index in [0.717, 1.165) is 0 Å². The number of hydrogen-bond donors (Lipinski definition) is 2. The van der Waals surface area contributed by atoms with Crippen LogP contribution < -0.4 is 10.1 Å². The Balaban J connectivity index is 2.59. The molecule has 0 aromatic heterocycles. The summed E-state index contributed by atoms with van der Waals surface area (Å²) in [6, 6.07) is 6.64. The normalized spacial score (nSPS) is 11.9. The van der Waals surface area contributed by atoms with Gasteiger partial charge in [0.25, 0.3) is 0 Å². The van der Waals surface area contributed by atoms with Crippen LogP contribution in [-0.4, -0.2) is 37.4 Å². The summed E-state index contributed by atoms with van der Waals surface area (Å²) < 4.78 is 10.4. The summed E-state index contributed by atoms with van der Waals surface area (Å²) in [5.41, 5.74) is 0.691. The maximum absolute atomic E-state index is 11.5. The largest absolute Gasteiger partial charge is 0.491 e. The number of esters is 1. The molecule has 0 aliphatic heterocycles. The zero-order valence-electron chi connectivity index (χ0n) is 10.7. The van der Waals surface area contributed by atoms with Crippen LogP contribution in [-0.2, 0) is 16.1 Å². The second-order valence-corrected chi connectivity index (χ2v) is 3.67. The molecular formula is C13H19NO4. The van der Waals surface area contributed by atoms with Gasteiger partial charge in [-0.3, -0.25) is 4.79 Å². The van der Waals surface area contributed by atoms with Gasteiger partial charge >= 0.3 is 5.97 Å². The fourth-order valence-corrected chi connectivity index (χ4v) is 1.46. The van der Waals surface area contributed by atoms with Crippen LogP contribution in [0.25, 0.3) is 0 Å². The first kappa shape index (κ1) is 14.5. The Kier molecular flexibility index (Phi) is 6.18. The first-order chi connectivity index (χ1) is 8.72. The molecule has 1 rings (SSSR count). The summed E-state index contributed by atoms with van der Waals surface area (Å²) in [5.74, 6) is 0.228. The van der Waals surface area contributed by atoms with Crippen LogP contribution in [0.1, 0.15) is 12.5 Å². The lowest BCUT2D eigenvalue weighted by Gasteiger charge is -2.16. The van der Waals surface area contributed by atoms with E-state index >= 15 is 0 Å². The van der Waals surface area contributed by atoms with Crippen LogP contribution >= 0.6 is 0 Å². The molecular weight excluding hydrogens is 234 g/mol. The Bertz CT molecular complexity index is 381. The number of carbonyl (C=O) groups is 1. The minimum atomic E-state index is -0.517. The fourth-order valence-electron chi connectivity index (χ4n) is 1.46. The van der Waals surface area contributed by atoms with Crippen molar-refractivity contribution in [2.75, 3.05) is 20.3 Å². The molecule has 0 bridgehead atoms. The highest BCUT2D eigenvalue weighted by Crippen LogP contribution is 2.17. The Morgan fingerprint density at radius 1 is 1.44 bits per heavy atom. The Labute approximate surface area is 107 Å². The van der Waals surface area contributed by atoms with E-state index in [4.69, 9.17) is 14.6 Å². The van der Waals surface area contributed by atoms with Crippen LogP contribution in [0.4, 0.5) is 0 Å². The number of nitrogens with one attached hydrogen (secondary N) is 1. The number of hydrogen-bond acceptors (Lipinski definition) is 5. The van der Waals surface area contributed by atoms with Crippen molar-refractivity contribution in [2.24, 2.45) is 0 Å². The molecule has 0 amide bonds. The molecule has 0 radical (unpaired) electrons. The van der Waals surface area contributed by atoms with Gasteiger partial charge in [0.05, 0.1) is 13.2 Å². The standard InChI is InChI=1S/C13H19NO4/c1-3-17-13(16)11(14-2)9-18-12-7-5-4-6-10(12)8-15/h4-7,11,14-15H,3,8-9H2,1-2H3. The van der Waals surface area contributed by atoms with E-state index in [1.54, 1.807) is 26.1 Å². The zero-order valence-corrected chi connectivity index (χ0v) is 10.7. The molecule has 0 heterocycles. The van der Waals surface area contributed by atoms with Crippen LogP contribution in [0, 0.1) is 0 Å². The SMILES string of the molecule is CCOC(=O)C(COc1ccccc1CO)NC. The summed E-state index contributed by atoms with van der Waals surface area (Å²) >= 11 is 0. The van der Waals surface area contributed by atoms with Gasteiger partial charge in [0, 0.05) is 5.56 Å². The number of aliphatic hydroxyl groups excluding tert-OH is 1. The fraction of sp³-hybridized carbons (Fsp3) is 0.462. The quantitative estimate of drug-likeness (QED) is 0.700. The van der Waals surface area contributed by atoms with E-state index in [-0.39, 0.29) is 19.2 Å². The minimum Gasteiger partial charge on any atom is -0.491 e. The average Bonchev–Trinajstić information content (AvgIpc) is 2.40. The van der Waals surface area contributed by atoms with Crippen molar-refractivity contribution >= 4 is 5.97 Å². The minimum absolute atomic E-state index is 0.0974. The monoisotopic (exact) mass is 253 g/mol. The van der Waals surface area contributed by atoms with Gasteiger partial charge in [-0.2, -0.15) is 0 Å². The Morgan fingerprint density at radius 3 is 2.78 bits per heavy atom. The molecule has 0 saturated carbocycles. The van der Waals surface area contributed by atoms with Crippen LogP contribution in [0.5, 0.6) is 5.75 Å². The molecule has 0 fully saturated rings. The molecule has 5 nitrogen and oxygen atoms in total. The summed E-state index contributed by atoms with van der Waals surface area (Å²) in [6.07, 6.45) is 0. The van der Waals surface area contributed by atoms with Gasteiger partial charge in [-0.1, -0.05) is 18.2 Å². The van der Waals surface area contributed by atoms with Gasteiger partial charge in [0.15, 0.2) is 0 Å². The Hall–Kier alpha value is -1.59. The van der Waals surface area contributed by atoms with E-state index in [0.29, 0.717) is 17.9 Å². The van der Waals surface area contributed by atoms with Crippen molar-refractivity contribution in [3.63, 3.8) is 0 Å². The highest BCUT2D eigenvalue weighted by molar-refractivity contribution is 5.75. The maximum Gasteiger partial charge on any atom is 0.326 e. The average molecular weight is 253 g/mol. The predicted octanol–water partition coefficient (Wildman–Crippen LogP) is 0.709. The highest BCUT2D eigenvalue weighted by Gasteiger charge is 2.18. The van der Waals surface area contributed by atoms with Crippen molar-refractivity contribution in [3.8, 4) is 5.75 Å². The number of ether oxygens (including phenoxy) is 2. The molecule has 100 valence electrons. The molecule has 1 unspecified atom stereocenters. The van der Waals surface area contributed by atoms with Crippen molar-refractivity contribution < 1.29 is 19.4 Å². The Morgan fingerprint density at radius 2 is 2.17 bits per heavy atom. The first-order valence-corrected chi connectivity index (χ1v) is 5.88. The topological polar surface area (TPSA) is 67.8 Å². The van der Waals surface area contributed by atoms with Crippen LogP contribution in [0.15, 0.2) is 24.3 Å². The van der Waals surface area contributed by atoms with E-state index in [9.17, 15) is 4.79 Å². The number of benzene rings is 1. The van der Waals surface area contributed by atoms with Gasteiger partial charge in [0.2, 0.25) is 0 Å². The molecule has 1 aromatic carbocycles. The molecule has 1 atom stereocenters. The second-order valence-electron chi connectivity index (χ2n) is 3.67. The van der Waals surface area contributed by atoms with E-state index in [1.165, 1.54) is 0 Å². The van der Waals surface area contributed by atoms with Crippen molar-refractivity contribution in [3.05, 3.63) is 29.8 Å². The van der Waals surface area contributed by atoms with E-state index < -0.39 is 6.04 Å². The van der Waals surface area contributed by atoms with E-state index in [1.807, 2.05) is 12.1 Å². The summed E-state index contributed by atoms with van der Waals surface area (Å²) in [7, 11) is 1.67. The number of likely N-dealkylation sites (N-methyl/N-ethyl adjacent to an activating group) is 1. The molecule has 0 saturated heterocycles. The molecule has 0 spiro atoms. The van der Waals surface area contributed by atoms with Crippen LogP contribution in [0.3, 0.4) is 0 Å². The van der Waals surface area contributed by atoms with Crippen molar-refractivity contribution in [1.29, 1.82) is 0 Å². The number of rotatable bonds is 7. The van der Waals surface area contributed by atoms with Crippen molar-refractivity contribution in [1.82, 2.24) is 5.32 Å². The van der Waals surface area contributed by atoms with Gasteiger partial charge < -0.3 is 19.9 Å². The highest BCUT2D eigenvalue weighted by atomic mass is 16.5. The van der Waals surface area contributed by atoms with Gasteiger partial charge in [-0.05, 0) is 20.0 Å².